The van der Waals surface area contributed by atoms with Crippen LogP contribution in [-0.2, 0) is 9.53 Å². The Morgan fingerprint density at radius 3 is 2.29 bits per heavy atom. The molecule has 128 valence electrons. The van der Waals surface area contributed by atoms with E-state index in [1.165, 1.54) is 0 Å². The van der Waals surface area contributed by atoms with Crippen LogP contribution in [0.25, 0.3) is 0 Å². The van der Waals surface area contributed by atoms with Gasteiger partial charge in [0.25, 0.3) is 5.91 Å². The molecule has 1 N–H and O–H groups in total. The number of carbonyl (C=O) groups excluding carboxylic acids is 1. The number of ether oxygens (including phenoxy) is 2. The molecule has 0 fully saturated rings. The Balaban J connectivity index is 1.60. The first-order valence-electron chi connectivity index (χ1n) is 8.33. The normalized spacial score (nSPS) is 13.1. The van der Waals surface area contributed by atoms with Crippen LogP contribution >= 0.6 is 0 Å². The van der Waals surface area contributed by atoms with Gasteiger partial charge in [0.2, 0.25) is 0 Å². The van der Waals surface area contributed by atoms with Gasteiger partial charge in [-0.25, -0.2) is 0 Å². The van der Waals surface area contributed by atoms with Crippen LogP contribution in [-0.4, -0.2) is 25.2 Å². The summed E-state index contributed by atoms with van der Waals surface area (Å²) in [4.78, 5) is 12.0. The van der Waals surface area contributed by atoms with Crippen molar-refractivity contribution in [3.05, 3.63) is 66.2 Å². The van der Waals surface area contributed by atoms with Crippen molar-refractivity contribution >= 4 is 5.91 Å². The Morgan fingerprint density at radius 1 is 1.00 bits per heavy atom. The molecule has 0 spiro atoms. The summed E-state index contributed by atoms with van der Waals surface area (Å²) in [5, 5.41) is 2.87. The Bertz CT molecular complexity index is 601. The first-order chi connectivity index (χ1) is 11.7. The second-order valence-corrected chi connectivity index (χ2v) is 5.64. The summed E-state index contributed by atoms with van der Waals surface area (Å²) in [5.41, 5.74) is 1.16. The van der Waals surface area contributed by atoms with Crippen LogP contribution < -0.4 is 10.1 Å². The molecule has 0 aliphatic rings. The minimum Gasteiger partial charge on any atom is -0.481 e. The lowest BCUT2D eigenvalue weighted by atomic mass is 10.1. The number of rotatable bonds is 9. The molecule has 0 aliphatic heterocycles. The highest BCUT2D eigenvalue weighted by Crippen LogP contribution is 2.15. The van der Waals surface area contributed by atoms with Crippen LogP contribution in [0.5, 0.6) is 5.75 Å². The Labute approximate surface area is 143 Å². The van der Waals surface area contributed by atoms with Gasteiger partial charge in [0.15, 0.2) is 6.10 Å². The van der Waals surface area contributed by atoms with Gasteiger partial charge in [-0.3, -0.25) is 4.79 Å². The summed E-state index contributed by atoms with van der Waals surface area (Å²) in [6.45, 7) is 4.95. The summed E-state index contributed by atoms with van der Waals surface area (Å²) in [6, 6.07) is 19.4. The average molecular weight is 327 g/mol. The number of amides is 1. The molecule has 0 aliphatic carbocycles. The van der Waals surface area contributed by atoms with E-state index < -0.39 is 6.10 Å². The van der Waals surface area contributed by atoms with E-state index in [-0.39, 0.29) is 12.0 Å². The van der Waals surface area contributed by atoms with E-state index in [0.717, 1.165) is 12.0 Å². The molecule has 2 atom stereocenters. The van der Waals surface area contributed by atoms with E-state index in [2.05, 4.69) is 17.4 Å². The van der Waals surface area contributed by atoms with E-state index in [1.807, 2.05) is 55.5 Å². The van der Waals surface area contributed by atoms with Gasteiger partial charge in [0, 0.05) is 13.2 Å². The molecule has 4 nitrogen and oxygen atoms in total. The summed E-state index contributed by atoms with van der Waals surface area (Å²) in [6.07, 6.45) is 0.305. The number of benzene rings is 2. The fourth-order valence-corrected chi connectivity index (χ4v) is 2.26. The maximum Gasteiger partial charge on any atom is 0.260 e. The lowest BCUT2D eigenvalue weighted by Gasteiger charge is -2.16. The highest BCUT2D eigenvalue weighted by atomic mass is 16.5. The van der Waals surface area contributed by atoms with Crippen molar-refractivity contribution in [2.75, 3.05) is 13.2 Å². The predicted molar refractivity (Wildman–Crippen MR) is 95.0 cm³/mol. The van der Waals surface area contributed by atoms with Crippen LogP contribution in [0.3, 0.4) is 0 Å². The topological polar surface area (TPSA) is 47.6 Å². The molecular formula is C20H25NO3. The van der Waals surface area contributed by atoms with E-state index in [4.69, 9.17) is 9.47 Å². The van der Waals surface area contributed by atoms with Crippen molar-refractivity contribution in [1.82, 2.24) is 5.32 Å². The standard InChI is InChI=1S/C20H25NO3/c1-16(18-10-5-3-6-11-18)23-15-9-14-21-20(22)17(2)24-19-12-7-4-8-13-19/h3-8,10-13,16-17H,9,14-15H2,1-2H3,(H,21,22). The van der Waals surface area contributed by atoms with Gasteiger partial charge in [0.1, 0.15) is 5.75 Å². The number of hydrogen-bond donors (Lipinski definition) is 1. The summed E-state index contributed by atoms with van der Waals surface area (Å²) in [5.74, 6) is 0.579. The van der Waals surface area contributed by atoms with Crippen molar-refractivity contribution in [3.8, 4) is 5.75 Å². The van der Waals surface area contributed by atoms with Crippen LogP contribution in [0.4, 0.5) is 0 Å². The Hall–Kier alpha value is -2.33. The number of nitrogens with one attached hydrogen (secondary N) is 1. The molecule has 0 heterocycles. The fraction of sp³-hybridized carbons (Fsp3) is 0.350. The maximum atomic E-state index is 12.0. The number of hydrogen-bond acceptors (Lipinski definition) is 3. The average Bonchev–Trinajstić information content (AvgIpc) is 2.62. The molecule has 2 aromatic carbocycles. The highest BCUT2D eigenvalue weighted by Gasteiger charge is 2.13. The van der Waals surface area contributed by atoms with Gasteiger partial charge in [-0.1, -0.05) is 48.5 Å². The van der Waals surface area contributed by atoms with E-state index >= 15 is 0 Å². The van der Waals surface area contributed by atoms with Gasteiger partial charge < -0.3 is 14.8 Å². The van der Waals surface area contributed by atoms with Crippen molar-refractivity contribution in [3.63, 3.8) is 0 Å². The third kappa shape index (κ3) is 6.05. The number of carbonyl (C=O) groups is 1. The number of para-hydroxylation sites is 1. The van der Waals surface area contributed by atoms with Gasteiger partial charge in [-0.2, -0.15) is 0 Å². The minimum absolute atomic E-state index is 0.0576. The molecule has 0 bridgehead atoms. The molecular weight excluding hydrogens is 302 g/mol. The van der Waals surface area contributed by atoms with Crippen molar-refractivity contribution < 1.29 is 14.3 Å². The van der Waals surface area contributed by atoms with Crippen LogP contribution in [0.2, 0.25) is 0 Å². The van der Waals surface area contributed by atoms with Crippen LogP contribution in [0, 0.1) is 0 Å². The second-order valence-electron chi connectivity index (χ2n) is 5.64. The molecule has 2 unspecified atom stereocenters. The lowest BCUT2D eigenvalue weighted by Crippen LogP contribution is -2.37. The smallest absolute Gasteiger partial charge is 0.260 e. The van der Waals surface area contributed by atoms with Gasteiger partial charge in [0.05, 0.1) is 6.10 Å². The first kappa shape index (κ1) is 18.0. The van der Waals surface area contributed by atoms with Gasteiger partial charge in [-0.15, -0.1) is 0 Å². The molecule has 0 aromatic heterocycles. The third-order valence-corrected chi connectivity index (χ3v) is 3.68. The molecule has 4 heteroatoms. The Kier molecular flexibility index (Phi) is 7.30. The van der Waals surface area contributed by atoms with Crippen LogP contribution in [0.15, 0.2) is 60.7 Å². The zero-order chi connectivity index (χ0) is 17.2. The quantitative estimate of drug-likeness (QED) is 0.714. The van der Waals surface area contributed by atoms with E-state index in [9.17, 15) is 4.79 Å². The zero-order valence-corrected chi connectivity index (χ0v) is 14.3. The predicted octanol–water partition coefficient (Wildman–Crippen LogP) is 3.74. The summed E-state index contributed by atoms with van der Waals surface area (Å²) >= 11 is 0. The maximum absolute atomic E-state index is 12.0. The van der Waals surface area contributed by atoms with Crippen molar-refractivity contribution in [2.45, 2.75) is 32.5 Å². The molecule has 2 rings (SSSR count). The summed E-state index contributed by atoms with van der Waals surface area (Å²) < 4.78 is 11.4. The SMILES string of the molecule is CC(Oc1ccccc1)C(=O)NCCCOC(C)c1ccccc1. The van der Waals surface area contributed by atoms with Crippen molar-refractivity contribution in [2.24, 2.45) is 0 Å². The third-order valence-electron chi connectivity index (χ3n) is 3.68. The summed E-state index contributed by atoms with van der Waals surface area (Å²) in [7, 11) is 0. The molecule has 0 saturated carbocycles. The molecule has 24 heavy (non-hydrogen) atoms. The van der Waals surface area contributed by atoms with E-state index in [1.54, 1.807) is 6.92 Å². The molecule has 1 amide bonds. The Morgan fingerprint density at radius 2 is 1.62 bits per heavy atom. The monoisotopic (exact) mass is 327 g/mol. The minimum atomic E-state index is -0.517. The van der Waals surface area contributed by atoms with E-state index in [0.29, 0.717) is 18.9 Å². The second kappa shape index (κ2) is 9.73. The van der Waals surface area contributed by atoms with Gasteiger partial charge >= 0.3 is 0 Å². The lowest BCUT2D eigenvalue weighted by molar-refractivity contribution is -0.127. The zero-order valence-electron chi connectivity index (χ0n) is 14.3. The highest BCUT2D eigenvalue weighted by molar-refractivity contribution is 5.80. The van der Waals surface area contributed by atoms with Crippen LogP contribution in [0.1, 0.15) is 31.9 Å². The molecule has 0 saturated heterocycles. The fourth-order valence-electron chi connectivity index (χ4n) is 2.26. The largest absolute Gasteiger partial charge is 0.481 e. The van der Waals surface area contributed by atoms with Crippen molar-refractivity contribution in [1.29, 1.82) is 0 Å². The first-order valence-corrected chi connectivity index (χ1v) is 8.33. The van der Waals surface area contributed by atoms with Gasteiger partial charge in [-0.05, 0) is 38.0 Å². The molecule has 2 aromatic rings. The molecule has 0 radical (unpaired) electrons.